The van der Waals surface area contributed by atoms with Gasteiger partial charge in [0.05, 0.1) is 17.3 Å². The smallest absolute Gasteiger partial charge is 0.255 e. The van der Waals surface area contributed by atoms with Gasteiger partial charge in [-0.1, -0.05) is 12.5 Å². The predicted molar refractivity (Wildman–Crippen MR) is 157 cm³/mol. The third kappa shape index (κ3) is 4.37. The van der Waals surface area contributed by atoms with Crippen molar-refractivity contribution < 1.29 is 34.8 Å². The maximum Gasteiger partial charge on any atom is 0.255 e. The minimum Gasteiger partial charge on any atom is -0.508 e. The number of hydrogen-bond acceptors (Lipinski definition) is 10. The highest BCUT2D eigenvalue weighted by Crippen LogP contribution is 2.54. The lowest BCUT2D eigenvalue weighted by Gasteiger charge is -2.50. The second-order valence-electron chi connectivity index (χ2n) is 12.3. The van der Waals surface area contributed by atoms with Crippen molar-refractivity contribution in [1.82, 2.24) is 14.8 Å². The molecule has 2 aromatic rings. The van der Waals surface area contributed by atoms with Gasteiger partial charge in [-0.3, -0.25) is 29.2 Å². The molecule has 43 heavy (non-hydrogen) atoms. The minimum atomic E-state index is -2.67. The summed E-state index contributed by atoms with van der Waals surface area (Å²) in [7, 11) is 3.16. The summed E-state index contributed by atoms with van der Waals surface area (Å²) in [6, 6.07) is 6.25. The van der Waals surface area contributed by atoms with Crippen LogP contribution >= 0.6 is 0 Å². The molecule has 4 aliphatic rings. The number of primary amides is 1. The molecule has 0 unspecified atom stereocenters. The normalized spacial score (nSPS) is 27.7. The fraction of sp³-hybridized carbons (Fsp3) is 0.438. The number of likely N-dealkylation sites (tertiary alicyclic amines) is 1. The van der Waals surface area contributed by atoms with Gasteiger partial charge in [-0.05, 0) is 82.5 Å². The van der Waals surface area contributed by atoms with Gasteiger partial charge >= 0.3 is 0 Å². The first-order valence-electron chi connectivity index (χ1n) is 14.6. The van der Waals surface area contributed by atoms with Gasteiger partial charge in [0, 0.05) is 35.4 Å². The number of fused-ring (bicyclic) bond motifs is 3. The van der Waals surface area contributed by atoms with E-state index in [9.17, 15) is 34.8 Å². The Labute approximate surface area is 248 Å². The number of benzene rings is 1. The number of phenols is 1. The second-order valence-corrected chi connectivity index (χ2v) is 12.3. The number of aliphatic hydroxyl groups is 3. The Morgan fingerprint density at radius 3 is 2.49 bits per heavy atom. The summed E-state index contributed by atoms with van der Waals surface area (Å²) in [6.07, 6.45) is 5.14. The molecule has 4 atom stereocenters. The highest BCUT2D eigenvalue weighted by molar-refractivity contribution is 6.24. The van der Waals surface area contributed by atoms with Crippen molar-refractivity contribution in [2.24, 2.45) is 17.6 Å². The molecule has 1 amide bonds. The number of carbonyl (C=O) groups excluding carboxylic acids is 3. The zero-order chi connectivity index (χ0) is 30.8. The Bertz CT molecular complexity index is 1590. The Hall–Kier alpha value is -4.06. The number of piperidine rings is 1. The highest BCUT2D eigenvalue weighted by Gasteiger charge is 2.64. The lowest BCUT2D eigenvalue weighted by molar-refractivity contribution is -0.153. The number of likely N-dealkylation sites (N-methyl/N-ethyl adjacent to an activating group) is 1. The summed E-state index contributed by atoms with van der Waals surface area (Å²) in [5.74, 6) is -6.59. The van der Waals surface area contributed by atoms with Crippen molar-refractivity contribution in [2.75, 3.05) is 27.2 Å². The minimum absolute atomic E-state index is 0.0315. The number of aliphatic hydroxyl groups excluding tert-OH is 2. The van der Waals surface area contributed by atoms with Crippen LogP contribution in [0.1, 0.15) is 42.4 Å². The molecule has 0 radical (unpaired) electrons. The Balaban J connectivity index is 1.56. The van der Waals surface area contributed by atoms with Crippen LogP contribution in [0.5, 0.6) is 5.75 Å². The van der Waals surface area contributed by atoms with E-state index >= 15 is 0 Å². The van der Waals surface area contributed by atoms with Crippen LogP contribution in [0.2, 0.25) is 0 Å². The van der Waals surface area contributed by atoms with Crippen molar-refractivity contribution in [2.45, 2.75) is 50.3 Å². The molecule has 2 fully saturated rings. The monoisotopic (exact) mass is 588 g/mol. The molecule has 226 valence electrons. The Morgan fingerprint density at radius 2 is 1.86 bits per heavy atom. The van der Waals surface area contributed by atoms with E-state index in [0.717, 1.165) is 32.4 Å². The fourth-order valence-corrected chi connectivity index (χ4v) is 7.60. The quantitative estimate of drug-likeness (QED) is 0.325. The molecule has 1 aromatic carbocycles. The molecule has 11 nitrogen and oxygen atoms in total. The second kappa shape index (κ2) is 10.6. The van der Waals surface area contributed by atoms with Gasteiger partial charge in [0.25, 0.3) is 5.91 Å². The van der Waals surface area contributed by atoms with Gasteiger partial charge in [-0.25, -0.2) is 0 Å². The van der Waals surface area contributed by atoms with Crippen LogP contribution in [-0.4, -0.2) is 91.5 Å². The highest BCUT2D eigenvalue weighted by atomic mass is 16.3. The zero-order valence-electron chi connectivity index (χ0n) is 24.2. The van der Waals surface area contributed by atoms with Crippen molar-refractivity contribution >= 4 is 23.2 Å². The molecule has 11 heteroatoms. The zero-order valence-corrected chi connectivity index (χ0v) is 24.2. The standard InChI is InChI=1S/C32H36N4O7/c1-35(2)25-20-14-16-12-19-18(21-8-4-5-9-34-21)13-17(15-36-10-6-3-7-11-36)26(37)23(19)27(38)22(16)29(40)32(20,43)30(41)24(28(25)39)31(33)42/h4-5,8-9,13,16,20,25,37-38,41,43H,3,6-7,10-12,14-15H2,1-2H3,(H2,33,42)/t16-,20-,25-,32-/m0/s1. The Morgan fingerprint density at radius 1 is 1.14 bits per heavy atom. The van der Waals surface area contributed by atoms with Crippen LogP contribution < -0.4 is 5.73 Å². The molecule has 2 heterocycles. The number of rotatable bonds is 5. The van der Waals surface area contributed by atoms with Crippen molar-refractivity contribution in [1.29, 1.82) is 0 Å². The molecule has 0 bridgehead atoms. The molecule has 1 aliphatic heterocycles. The average Bonchev–Trinajstić information content (AvgIpc) is 2.97. The molecule has 1 saturated heterocycles. The van der Waals surface area contributed by atoms with E-state index < -0.39 is 58.0 Å². The first-order valence-corrected chi connectivity index (χ1v) is 14.6. The average molecular weight is 589 g/mol. The van der Waals surface area contributed by atoms with E-state index in [0.29, 0.717) is 28.9 Å². The number of ketones is 2. The van der Waals surface area contributed by atoms with Gasteiger partial charge in [-0.15, -0.1) is 0 Å². The number of amides is 1. The maximum absolute atomic E-state index is 14.2. The van der Waals surface area contributed by atoms with Gasteiger partial charge in [-0.2, -0.15) is 0 Å². The van der Waals surface area contributed by atoms with Crippen LogP contribution in [0.25, 0.3) is 17.0 Å². The molecule has 1 aromatic heterocycles. The molecule has 0 spiro atoms. The van der Waals surface area contributed by atoms with Gasteiger partial charge in [0.2, 0.25) is 5.78 Å². The van der Waals surface area contributed by atoms with Crippen molar-refractivity contribution in [3.63, 3.8) is 0 Å². The molecule has 6 N–H and O–H groups in total. The summed E-state index contributed by atoms with van der Waals surface area (Å²) >= 11 is 0. The number of aromatic hydroxyl groups is 1. The summed E-state index contributed by atoms with van der Waals surface area (Å²) < 4.78 is 0. The molecular formula is C32H36N4O7. The van der Waals surface area contributed by atoms with Crippen molar-refractivity contribution in [3.8, 4) is 17.0 Å². The van der Waals surface area contributed by atoms with E-state index in [-0.39, 0.29) is 29.7 Å². The van der Waals surface area contributed by atoms with Crippen LogP contribution in [0.15, 0.2) is 47.4 Å². The van der Waals surface area contributed by atoms with Crippen LogP contribution in [-0.2, 0) is 27.3 Å². The largest absolute Gasteiger partial charge is 0.508 e. The SMILES string of the molecule is CN(C)[C@@H]1C(=O)C(C(N)=O)=C(O)[C@@]2(O)C(=O)C3=C(O)c4c(O)c(CN5CCCCC5)cc(-c5ccccn5)c4C[C@H]3C[C@@H]12. The van der Waals surface area contributed by atoms with Gasteiger partial charge in [0.1, 0.15) is 22.8 Å². The Kier molecular flexibility index (Phi) is 7.15. The molecule has 6 rings (SSSR count). The number of carbonyl (C=O) groups is 3. The van der Waals surface area contributed by atoms with E-state index in [4.69, 9.17) is 5.73 Å². The van der Waals surface area contributed by atoms with E-state index in [1.807, 2.05) is 18.2 Å². The number of aromatic nitrogens is 1. The van der Waals surface area contributed by atoms with Gasteiger partial charge in [0.15, 0.2) is 11.4 Å². The van der Waals surface area contributed by atoms with E-state index in [1.54, 1.807) is 26.4 Å². The van der Waals surface area contributed by atoms with Crippen LogP contribution in [0.4, 0.5) is 0 Å². The predicted octanol–water partition coefficient (Wildman–Crippen LogP) is 2.01. The first kappa shape index (κ1) is 29.0. The summed E-state index contributed by atoms with van der Waals surface area (Å²) in [4.78, 5) is 48.0. The topological polar surface area (TPSA) is 178 Å². The number of phenolic OH excluding ortho intramolecular Hbond substituents is 1. The number of nitrogens with two attached hydrogens (primary N) is 1. The van der Waals surface area contributed by atoms with Gasteiger partial charge < -0.3 is 26.2 Å². The lowest BCUT2D eigenvalue weighted by atomic mass is 9.57. The fourth-order valence-electron chi connectivity index (χ4n) is 7.60. The lowest BCUT2D eigenvalue weighted by Crippen LogP contribution is -2.65. The molecule has 1 saturated carbocycles. The molecular weight excluding hydrogens is 552 g/mol. The molecule has 3 aliphatic carbocycles. The number of hydrogen-bond donors (Lipinski definition) is 5. The van der Waals surface area contributed by atoms with Crippen LogP contribution in [0.3, 0.4) is 0 Å². The summed E-state index contributed by atoms with van der Waals surface area (Å²) in [5, 5.41) is 46.4. The number of pyridine rings is 1. The third-order valence-corrected chi connectivity index (χ3v) is 9.58. The van der Waals surface area contributed by atoms with E-state index in [2.05, 4.69) is 9.88 Å². The number of nitrogens with zero attached hydrogens (tertiary/aromatic N) is 3. The number of Topliss-reactive ketones (excluding diaryl/α,β-unsaturated/α-hetero) is 2. The third-order valence-electron chi connectivity index (χ3n) is 9.58. The summed E-state index contributed by atoms with van der Waals surface area (Å²) in [5.41, 5.74) is 4.37. The van der Waals surface area contributed by atoms with Crippen molar-refractivity contribution in [3.05, 3.63) is 64.1 Å². The van der Waals surface area contributed by atoms with Crippen LogP contribution in [0, 0.1) is 11.8 Å². The first-order chi connectivity index (χ1) is 20.5. The maximum atomic E-state index is 14.2. The summed E-state index contributed by atoms with van der Waals surface area (Å²) in [6.45, 7) is 2.18. The van der Waals surface area contributed by atoms with E-state index in [1.165, 1.54) is 4.90 Å².